The molecule has 0 saturated heterocycles. The van der Waals surface area contributed by atoms with Gasteiger partial charge in [0, 0.05) is 0 Å². The third kappa shape index (κ3) is 15.9. The molecule has 0 aliphatic rings. The molecule has 150 valence electrons. The lowest BCUT2D eigenvalue weighted by molar-refractivity contribution is -0.148. The lowest BCUT2D eigenvalue weighted by Gasteiger charge is -2.18. The van der Waals surface area contributed by atoms with Gasteiger partial charge in [0.2, 0.25) is 0 Å². The van der Waals surface area contributed by atoms with Gasteiger partial charge in [-0.05, 0) is 25.7 Å². The summed E-state index contributed by atoms with van der Waals surface area (Å²) in [6.07, 6.45) is 19.8. The molecule has 0 aliphatic heterocycles. The molecule has 0 saturated carbocycles. The van der Waals surface area contributed by atoms with E-state index in [1.807, 2.05) is 0 Å². The molecule has 0 aromatic heterocycles. The van der Waals surface area contributed by atoms with Crippen molar-refractivity contribution in [3.8, 4) is 0 Å². The second kappa shape index (κ2) is 18.7. The van der Waals surface area contributed by atoms with E-state index in [4.69, 9.17) is 4.74 Å². The SMILES string of the molecule is CCCCCCCCCCCC(CC)OC(=O)C(Br)CCCCCC. The molecule has 0 aliphatic carbocycles. The van der Waals surface area contributed by atoms with Gasteiger partial charge < -0.3 is 4.74 Å². The first-order valence-electron chi connectivity index (χ1n) is 11.0. The molecule has 0 fully saturated rings. The van der Waals surface area contributed by atoms with Crippen molar-refractivity contribution in [3.05, 3.63) is 0 Å². The zero-order valence-electron chi connectivity index (χ0n) is 17.2. The van der Waals surface area contributed by atoms with E-state index >= 15 is 0 Å². The zero-order valence-corrected chi connectivity index (χ0v) is 18.7. The van der Waals surface area contributed by atoms with Crippen LogP contribution >= 0.6 is 15.9 Å². The van der Waals surface area contributed by atoms with E-state index in [1.54, 1.807) is 0 Å². The van der Waals surface area contributed by atoms with Crippen molar-refractivity contribution in [2.75, 3.05) is 0 Å². The van der Waals surface area contributed by atoms with Gasteiger partial charge >= 0.3 is 5.97 Å². The van der Waals surface area contributed by atoms with Gasteiger partial charge in [-0.1, -0.05) is 114 Å². The predicted molar refractivity (Wildman–Crippen MR) is 113 cm³/mol. The second-order valence-corrected chi connectivity index (χ2v) is 8.51. The summed E-state index contributed by atoms with van der Waals surface area (Å²) in [7, 11) is 0. The highest BCUT2D eigenvalue weighted by atomic mass is 79.9. The number of hydrogen-bond acceptors (Lipinski definition) is 2. The van der Waals surface area contributed by atoms with Crippen LogP contribution in [0.5, 0.6) is 0 Å². The van der Waals surface area contributed by atoms with Crippen molar-refractivity contribution < 1.29 is 9.53 Å². The first-order chi connectivity index (χ1) is 12.2. The molecule has 3 heteroatoms. The van der Waals surface area contributed by atoms with E-state index in [0.29, 0.717) is 0 Å². The average Bonchev–Trinajstić information content (AvgIpc) is 2.62. The molecule has 2 unspecified atom stereocenters. The normalized spacial score (nSPS) is 13.6. The number of carbonyl (C=O) groups excluding carboxylic acids is 1. The maximum Gasteiger partial charge on any atom is 0.319 e. The average molecular weight is 419 g/mol. The molecule has 0 spiro atoms. The number of alkyl halides is 1. The first kappa shape index (κ1) is 24.9. The number of unbranched alkanes of at least 4 members (excludes halogenated alkanes) is 11. The van der Waals surface area contributed by atoms with Crippen LogP contribution < -0.4 is 0 Å². The molecule has 0 radical (unpaired) electrons. The summed E-state index contributed by atoms with van der Waals surface area (Å²) in [6.45, 7) is 6.59. The van der Waals surface area contributed by atoms with Crippen molar-refractivity contribution in [2.45, 2.75) is 134 Å². The number of ether oxygens (including phenoxy) is 1. The minimum Gasteiger partial charge on any atom is -0.462 e. The minimum absolute atomic E-state index is 0.0562. The van der Waals surface area contributed by atoms with Crippen LogP contribution in [-0.4, -0.2) is 16.9 Å². The summed E-state index contributed by atoms with van der Waals surface area (Å²) in [5.74, 6) is -0.0562. The van der Waals surface area contributed by atoms with Gasteiger partial charge in [-0.2, -0.15) is 0 Å². The fourth-order valence-electron chi connectivity index (χ4n) is 3.14. The smallest absolute Gasteiger partial charge is 0.319 e. The molecule has 2 atom stereocenters. The largest absolute Gasteiger partial charge is 0.462 e. The molecule has 0 rings (SSSR count). The Balaban J connectivity index is 3.67. The van der Waals surface area contributed by atoms with Gasteiger partial charge in [-0.25, -0.2) is 0 Å². The summed E-state index contributed by atoms with van der Waals surface area (Å²) in [5, 5.41) is 0. The van der Waals surface area contributed by atoms with E-state index in [9.17, 15) is 4.79 Å². The lowest BCUT2D eigenvalue weighted by Crippen LogP contribution is -2.24. The molecule has 0 amide bonds. The Hall–Kier alpha value is -0.0500. The first-order valence-corrected chi connectivity index (χ1v) is 11.9. The predicted octanol–water partition coefficient (Wildman–Crippen LogP) is 7.96. The molecule has 25 heavy (non-hydrogen) atoms. The van der Waals surface area contributed by atoms with Crippen LogP contribution in [0.15, 0.2) is 0 Å². The van der Waals surface area contributed by atoms with Crippen molar-refractivity contribution in [3.63, 3.8) is 0 Å². The quantitative estimate of drug-likeness (QED) is 0.128. The van der Waals surface area contributed by atoms with Crippen molar-refractivity contribution in [1.29, 1.82) is 0 Å². The van der Waals surface area contributed by atoms with Crippen LogP contribution in [0.2, 0.25) is 0 Å². The number of carbonyl (C=O) groups is 1. The van der Waals surface area contributed by atoms with Gasteiger partial charge in [0.15, 0.2) is 0 Å². The van der Waals surface area contributed by atoms with Crippen LogP contribution in [0.4, 0.5) is 0 Å². The minimum atomic E-state index is -0.124. The van der Waals surface area contributed by atoms with E-state index in [1.165, 1.54) is 77.0 Å². The lowest BCUT2D eigenvalue weighted by atomic mass is 10.0. The topological polar surface area (TPSA) is 26.3 Å². The van der Waals surface area contributed by atoms with Gasteiger partial charge in [0.25, 0.3) is 0 Å². The van der Waals surface area contributed by atoms with Gasteiger partial charge in [-0.15, -0.1) is 0 Å². The van der Waals surface area contributed by atoms with Gasteiger partial charge in [0.1, 0.15) is 10.9 Å². The molecule has 2 nitrogen and oxygen atoms in total. The highest BCUT2D eigenvalue weighted by Gasteiger charge is 2.19. The van der Waals surface area contributed by atoms with Gasteiger partial charge in [0.05, 0.1) is 0 Å². The van der Waals surface area contributed by atoms with Crippen molar-refractivity contribution >= 4 is 21.9 Å². The Morgan fingerprint density at radius 3 is 1.68 bits per heavy atom. The number of hydrogen-bond donors (Lipinski definition) is 0. The molecular weight excluding hydrogens is 376 g/mol. The van der Waals surface area contributed by atoms with Crippen LogP contribution in [0.25, 0.3) is 0 Å². The van der Waals surface area contributed by atoms with Crippen molar-refractivity contribution in [2.24, 2.45) is 0 Å². The Morgan fingerprint density at radius 1 is 0.720 bits per heavy atom. The van der Waals surface area contributed by atoms with E-state index < -0.39 is 0 Å². The van der Waals surface area contributed by atoms with E-state index in [-0.39, 0.29) is 16.9 Å². The van der Waals surface area contributed by atoms with Crippen LogP contribution in [0.3, 0.4) is 0 Å². The highest BCUT2D eigenvalue weighted by Crippen LogP contribution is 2.18. The summed E-state index contributed by atoms with van der Waals surface area (Å²) in [5.41, 5.74) is 0. The highest BCUT2D eigenvalue weighted by molar-refractivity contribution is 9.10. The summed E-state index contributed by atoms with van der Waals surface area (Å²) in [4.78, 5) is 12.0. The molecule has 0 N–H and O–H groups in total. The third-order valence-corrected chi connectivity index (χ3v) is 5.77. The Bertz CT molecular complexity index is 294. The number of rotatable bonds is 18. The Kier molecular flexibility index (Phi) is 18.7. The van der Waals surface area contributed by atoms with E-state index in [0.717, 1.165) is 25.7 Å². The maximum atomic E-state index is 12.2. The zero-order chi connectivity index (χ0) is 18.8. The monoisotopic (exact) mass is 418 g/mol. The molecule has 0 aromatic carbocycles. The molecular formula is C22H43BrO2. The Morgan fingerprint density at radius 2 is 1.16 bits per heavy atom. The molecule has 0 heterocycles. The van der Waals surface area contributed by atoms with Crippen LogP contribution in [-0.2, 0) is 9.53 Å². The van der Waals surface area contributed by atoms with Gasteiger partial charge in [-0.3, -0.25) is 4.79 Å². The number of esters is 1. The maximum absolute atomic E-state index is 12.2. The van der Waals surface area contributed by atoms with Crippen LogP contribution in [0, 0.1) is 0 Å². The summed E-state index contributed by atoms with van der Waals surface area (Å²) < 4.78 is 5.70. The molecule has 0 bridgehead atoms. The molecule has 0 aromatic rings. The van der Waals surface area contributed by atoms with Crippen molar-refractivity contribution in [1.82, 2.24) is 0 Å². The summed E-state index contributed by atoms with van der Waals surface area (Å²) in [6, 6.07) is 0. The third-order valence-electron chi connectivity index (χ3n) is 4.93. The van der Waals surface area contributed by atoms with Crippen LogP contribution in [0.1, 0.15) is 124 Å². The fourth-order valence-corrected chi connectivity index (χ4v) is 3.57. The standard InChI is InChI=1S/C22H43BrO2/c1-4-7-9-11-12-13-14-15-16-18-20(6-3)25-22(24)21(23)19-17-10-8-5-2/h20-21H,4-19H2,1-3H3. The van der Waals surface area contributed by atoms with E-state index in [2.05, 4.69) is 36.7 Å². The Labute approximate surface area is 166 Å². The summed E-state index contributed by atoms with van der Waals surface area (Å²) >= 11 is 3.51. The second-order valence-electron chi connectivity index (χ2n) is 7.40. The number of halogens is 1. The fraction of sp³-hybridized carbons (Fsp3) is 0.955.